The quantitative estimate of drug-likeness (QED) is 0.0262. The Labute approximate surface area is 421 Å². The molecule has 0 bridgehead atoms. The summed E-state index contributed by atoms with van der Waals surface area (Å²) in [4.78, 5) is 38.2. The largest absolute Gasteiger partial charge is 0.462 e. The number of hydrogen-bond donors (Lipinski definition) is 0. The van der Waals surface area contributed by atoms with Crippen LogP contribution in [0.4, 0.5) is 0 Å². The monoisotopic (exact) mass is 951 g/mol. The molecule has 0 aliphatic carbocycles. The van der Waals surface area contributed by atoms with Gasteiger partial charge in [0, 0.05) is 19.3 Å². The van der Waals surface area contributed by atoms with Crippen molar-refractivity contribution in [2.45, 2.75) is 303 Å². The van der Waals surface area contributed by atoms with Crippen LogP contribution in [0.3, 0.4) is 0 Å². The predicted octanol–water partition coefficient (Wildman–Crippen LogP) is 19.6. The predicted molar refractivity (Wildman–Crippen MR) is 293 cm³/mol. The maximum atomic E-state index is 12.9. The summed E-state index contributed by atoms with van der Waals surface area (Å²) in [7, 11) is 0. The lowest BCUT2D eigenvalue weighted by Crippen LogP contribution is -2.30. The first-order valence-electron chi connectivity index (χ1n) is 29.3. The van der Waals surface area contributed by atoms with Crippen molar-refractivity contribution >= 4 is 17.9 Å². The molecule has 0 spiro atoms. The van der Waals surface area contributed by atoms with Gasteiger partial charge >= 0.3 is 17.9 Å². The molecule has 68 heavy (non-hydrogen) atoms. The molecule has 0 amide bonds. The van der Waals surface area contributed by atoms with Gasteiger partial charge in [0.1, 0.15) is 13.2 Å². The van der Waals surface area contributed by atoms with Crippen LogP contribution < -0.4 is 0 Å². The van der Waals surface area contributed by atoms with Crippen LogP contribution in [0, 0.1) is 0 Å². The molecular formula is C62H110O6. The molecule has 0 unspecified atom stereocenters. The van der Waals surface area contributed by atoms with Gasteiger partial charge in [0.15, 0.2) is 6.10 Å². The number of carbonyl (C=O) groups excluding carboxylic acids is 3. The average molecular weight is 952 g/mol. The van der Waals surface area contributed by atoms with Crippen LogP contribution in [0.15, 0.2) is 60.8 Å². The number of esters is 3. The van der Waals surface area contributed by atoms with Crippen LogP contribution in [-0.2, 0) is 28.6 Å². The highest BCUT2D eigenvalue weighted by molar-refractivity contribution is 5.71. The van der Waals surface area contributed by atoms with Gasteiger partial charge in [-0.25, -0.2) is 0 Å². The Hall–Kier alpha value is -2.89. The smallest absolute Gasteiger partial charge is 0.306 e. The first kappa shape index (κ1) is 65.1. The minimum atomic E-state index is -0.785. The second kappa shape index (κ2) is 56.7. The maximum absolute atomic E-state index is 12.9. The molecule has 6 heteroatoms. The minimum Gasteiger partial charge on any atom is -0.462 e. The Balaban J connectivity index is 4.38. The Morgan fingerprint density at radius 1 is 0.294 bits per heavy atom. The third-order valence-corrected chi connectivity index (χ3v) is 12.7. The normalized spacial score (nSPS) is 12.5. The number of hydrogen-bond acceptors (Lipinski definition) is 6. The van der Waals surface area contributed by atoms with Crippen molar-refractivity contribution in [3.05, 3.63) is 60.8 Å². The summed E-state index contributed by atoms with van der Waals surface area (Å²) in [6.07, 6.45) is 70.6. The fourth-order valence-corrected chi connectivity index (χ4v) is 8.25. The van der Waals surface area contributed by atoms with E-state index in [1.54, 1.807) is 0 Å². The zero-order valence-corrected chi connectivity index (χ0v) is 45.1. The summed E-state index contributed by atoms with van der Waals surface area (Å²) in [5.41, 5.74) is 0. The van der Waals surface area contributed by atoms with Gasteiger partial charge in [-0.15, -0.1) is 0 Å². The molecule has 394 valence electrons. The summed E-state index contributed by atoms with van der Waals surface area (Å²) < 4.78 is 16.9. The lowest BCUT2D eigenvalue weighted by Gasteiger charge is -2.18. The van der Waals surface area contributed by atoms with Crippen LogP contribution in [-0.4, -0.2) is 37.2 Å². The van der Waals surface area contributed by atoms with Gasteiger partial charge in [-0.2, -0.15) is 0 Å². The van der Waals surface area contributed by atoms with Crippen LogP contribution in [0.1, 0.15) is 297 Å². The van der Waals surface area contributed by atoms with Crippen molar-refractivity contribution in [2.75, 3.05) is 13.2 Å². The van der Waals surface area contributed by atoms with Crippen molar-refractivity contribution in [1.29, 1.82) is 0 Å². The lowest BCUT2D eigenvalue weighted by atomic mass is 10.1. The molecule has 0 aromatic heterocycles. The molecule has 0 saturated heterocycles. The van der Waals surface area contributed by atoms with Crippen molar-refractivity contribution in [3.8, 4) is 0 Å². The van der Waals surface area contributed by atoms with E-state index < -0.39 is 6.10 Å². The Morgan fingerprint density at radius 2 is 0.544 bits per heavy atom. The van der Waals surface area contributed by atoms with E-state index in [4.69, 9.17) is 14.2 Å². The molecule has 0 fully saturated rings. The van der Waals surface area contributed by atoms with Crippen LogP contribution in [0.5, 0.6) is 0 Å². The van der Waals surface area contributed by atoms with Gasteiger partial charge in [-0.05, 0) is 103 Å². The van der Waals surface area contributed by atoms with Gasteiger partial charge in [-0.1, -0.05) is 236 Å². The molecule has 0 radical (unpaired) electrons. The van der Waals surface area contributed by atoms with Crippen molar-refractivity contribution in [3.63, 3.8) is 0 Å². The molecule has 0 aromatic rings. The first-order valence-corrected chi connectivity index (χ1v) is 29.3. The van der Waals surface area contributed by atoms with E-state index in [9.17, 15) is 14.4 Å². The zero-order valence-electron chi connectivity index (χ0n) is 45.1. The van der Waals surface area contributed by atoms with Gasteiger partial charge < -0.3 is 14.2 Å². The molecule has 1 atom stereocenters. The molecule has 0 aliphatic heterocycles. The summed E-state index contributed by atoms with van der Waals surface area (Å²) in [6, 6.07) is 0. The number of unbranched alkanes of at least 4 members (excludes halogenated alkanes) is 32. The van der Waals surface area contributed by atoms with E-state index in [1.807, 2.05) is 0 Å². The minimum absolute atomic E-state index is 0.0820. The van der Waals surface area contributed by atoms with E-state index in [0.29, 0.717) is 19.3 Å². The zero-order chi connectivity index (χ0) is 49.3. The van der Waals surface area contributed by atoms with Crippen molar-refractivity contribution < 1.29 is 28.6 Å². The first-order chi connectivity index (χ1) is 33.5. The van der Waals surface area contributed by atoms with Crippen LogP contribution in [0.2, 0.25) is 0 Å². The molecule has 0 heterocycles. The van der Waals surface area contributed by atoms with Crippen molar-refractivity contribution in [2.24, 2.45) is 0 Å². The maximum Gasteiger partial charge on any atom is 0.306 e. The highest BCUT2D eigenvalue weighted by atomic mass is 16.6. The standard InChI is InChI=1S/C62H110O6/c1-4-7-10-13-16-19-22-25-28-30-31-33-34-37-40-43-46-49-52-55-61(64)67-58-59(57-66-60(63)54-51-48-45-42-39-36-27-24-21-18-15-12-9-6-3)68-62(65)56-53-50-47-44-41-38-35-32-29-26-23-20-17-14-11-8-5-2/h15,17-18,20,24-29,59H,4-14,16,19,21-23,30-58H2,1-3H3/b18-15-,20-17-,27-24-,28-25-,29-26-/t59-/m1/s1. The molecule has 0 N–H and O–H groups in total. The number of ether oxygens (including phenoxy) is 3. The summed E-state index contributed by atoms with van der Waals surface area (Å²) in [5.74, 6) is -0.895. The molecular weight excluding hydrogens is 841 g/mol. The lowest BCUT2D eigenvalue weighted by molar-refractivity contribution is -0.167. The third kappa shape index (κ3) is 54.1. The third-order valence-electron chi connectivity index (χ3n) is 12.7. The molecule has 0 aromatic carbocycles. The second-order valence-corrected chi connectivity index (χ2v) is 19.5. The number of allylic oxidation sites excluding steroid dienone is 10. The van der Waals surface area contributed by atoms with Crippen molar-refractivity contribution in [1.82, 2.24) is 0 Å². The fraction of sp³-hybridized carbons (Fsp3) is 0.790. The van der Waals surface area contributed by atoms with E-state index in [-0.39, 0.29) is 31.1 Å². The SMILES string of the molecule is CCCC/C=C\C/C=C\CCCCCCCC(=O)OC[C@H](COC(=O)CCCCCCCCCCC/C=C\CCCCCCCC)OC(=O)CCCCCCCCC/C=C\C/C=C\CCCCC. The second-order valence-electron chi connectivity index (χ2n) is 19.5. The average Bonchev–Trinajstić information content (AvgIpc) is 3.34. The molecule has 0 saturated carbocycles. The van der Waals surface area contributed by atoms with E-state index in [2.05, 4.69) is 81.5 Å². The Kier molecular flexibility index (Phi) is 54.3. The molecule has 0 aliphatic rings. The Bertz CT molecular complexity index is 1230. The van der Waals surface area contributed by atoms with E-state index in [0.717, 1.165) is 89.9 Å². The highest BCUT2D eigenvalue weighted by Gasteiger charge is 2.19. The molecule has 6 nitrogen and oxygen atoms in total. The summed E-state index contributed by atoms with van der Waals surface area (Å²) in [5, 5.41) is 0. The summed E-state index contributed by atoms with van der Waals surface area (Å²) in [6.45, 7) is 6.58. The number of carbonyl (C=O) groups is 3. The topological polar surface area (TPSA) is 78.9 Å². The van der Waals surface area contributed by atoms with Crippen LogP contribution >= 0.6 is 0 Å². The van der Waals surface area contributed by atoms with Gasteiger partial charge in [-0.3, -0.25) is 14.4 Å². The number of rotatable bonds is 53. The summed E-state index contributed by atoms with van der Waals surface area (Å²) >= 11 is 0. The van der Waals surface area contributed by atoms with Crippen LogP contribution in [0.25, 0.3) is 0 Å². The van der Waals surface area contributed by atoms with E-state index in [1.165, 1.54) is 167 Å². The van der Waals surface area contributed by atoms with E-state index >= 15 is 0 Å². The van der Waals surface area contributed by atoms with Gasteiger partial charge in [0.05, 0.1) is 0 Å². The Morgan fingerprint density at radius 3 is 0.897 bits per heavy atom. The highest BCUT2D eigenvalue weighted by Crippen LogP contribution is 2.15. The van der Waals surface area contributed by atoms with Gasteiger partial charge in [0.2, 0.25) is 0 Å². The fourth-order valence-electron chi connectivity index (χ4n) is 8.25. The van der Waals surface area contributed by atoms with Gasteiger partial charge in [0.25, 0.3) is 0 Å². The molecule has 0 rings (SSSR count).